The third-order valence-corrected chi connectivity index (χ3v) is 6.47. The summed E-state index contributed by atoms with van der Waals surface area (Å²) in [5.41, 5.74) is 0.952. The van der Waals surface area contributed by atoms with Gasteiger partial charge in [0.05, 0.1) is 24.5 Å². The average molecular weight is 449 g/mol. The first kappa shape index (κ1) is 21.3. The predicted molar refractivity (Wildman–Crippen MR) is 116 cm³/mol. The van der Waals surface area contributed by atoms with Crippen molar-refractivity contribution in [2.75, 3.05) is 54.0 Å². The van der Waals surface area contributed by atoms with Gasteiger partial charge in [-0.2, -0.15) is 0 Å². The summed E-state index contributed by atoms with van der Waals surface area (Å²) in [6.07, 6.45) is -0.131. The third kappa shape index (κ3) is 4.71. The van der Waals surface area contributed by atoms with Crippen LogP contribution in [-0.2, 0) is 16.0 Å². The lowest BCUT2D eigenvalue weighted by Crippen LogP contribution is -2.46. The monoisotopic (exact) mass is 448 g/mol. The highest BCUT2D eigenvalue weighted by Crippen LogP contribution is 2.29. The van der Waals surface area contributed by atoms with Crippen LogP contribution in [-0.4, -0.2) is 67.6 Å². The van der Waals surface area contributed by atoms with E-state index in [2.05, 4.69) is 27.3 Å². The number of nitrogens with zero attached hydrogens (tertiary/aromatic N) is 5. The fourth-order valence-corrected chi connectivity index (χ4v) is 4.50. The number of halogens is 1. The Labute approximate surface area is 183 Å². The van der Waals surface area contributed by atoms with Crippen LogP contribution in [0.25, 0.3) is 0 Å². The van der Waals surface area contributed by atoms with Crippen molar-refractivity contribution in [3.05, 3.63) is 29.0 Å². The molecule has 0 radical (unpaired) electrons. The number of nitrogens with one attached hydrogen (secondary N) is 1. The minimum absolute atomic E-state index is 0.193. The molecule has 166 valence electrons. The van der Waals surface area contributed by atoms with Crippen LogP contribution in [0.4, 0.5) is 25.7 Å². The standard InChI is InChI=1S/C20H25FN6O3S/c1-3-18-23-24-19(31-18)26-8-6-25(7-9-26)17-5-4-14(10-16(17)21)27-12-15(30-20(27)29)11-22-13(2)28/h4-5,10,15H,3,6-9,11-12H2,1-2H3,(H,22,28). The maximum Gasteiger partial charge on any atom is 0.414 e. The molecule has 3 heterocycles. The Morgan fingerprint density at radius 3 is 2.65 bits per heavy atom. The van der Waals surface area contributed by atoms with E-state index in [1.165, 1.54) is 17.9 Å². The van der Waals surface area contributed by atoms with Gasteiger partial charge in [-0.25, -0.2) is 9.18 Å². The van der Waals surface area contributed by atoms with E-state index in [9.17, 15) is 14.0 Å². The fourth-order valence-electron chi connectivity index (χ4n) is 3.67. The number of hydrogen-bond donors (Lipinski definition) is 1. The van der Waals surface area contributed by atoms with E-state index in [1.807, 2.05) is 4.90 Å². The number of cyclic esters (lactones) is 1. The highest BCUT2D eigenvalue weighted by atomic mass is 32.1. The van der Waals surface area contributed by atoms with Crippen LogP contribution in [0.15, 0.2) is 18.2 Å². The van der Waals surface area contributed by atoms with E-state index in [0.29, 0.717) is 24.5 Å². The summed E-state index contributed by atoms with van der Waals surface area (Å²) in [5, 5.41) is 13.0. The molecule has 11 heteroatoms. The lowest BCUT2D eigenvalue weighted by molar-refractivity contribution is -0.119. The molecule has 4 rings (SSSR count). The van der Waals surface area contributed by atoms with Crippen molar-refractivity contribution < 1.29 is 18.7 Å². The van der Waals surface area contributed by atoms with Crippen LogP contribution < -0.4 is 20.0 Å². The molecule has 2 aliphatic rings. The highest BCUT2D eigenvalue weighted by Gasteiger charge is 2.33. The third-order valence-electron chi connectivity index (χ3n) is 5.35. The van der Waals surface area contributed by atoms with Gasteiger partial charge in [-0.05, 0) is 24.6 Å². The van der Waals surface area contributed by atoms with E-state index in [1.54, 1.807) is 23.5 Å². The molecule has 0 spiro atoms. The van der Waals surface area contributed by atoms with Gasteiger partial charge in [0.15, 0.2) is 0 Å². The predicted octanol–water partition coefficient (Wildman–Crippen LogP) is 2.03. The number of ether oxygens (including phenoxy) is 1. The summed E-state index contributed by atoms with van der Waals surface area (Å²) in [6, 6.07) is 4.79. The molecule has 9 nitrogen and oxygen atoms in total. The van der Waals surface area contributed by atoms with Crippen LogP contribution in [0.3, 0.4) is 0 Å². The zero-order valence-corrected chi connectivity index (χ0v) is 18.3. The number of piperazine rings is 1. The van der Waals surface area contributed by atoms with E-state index in [4.69, 9.17) is 4.74 Å². The number of hydrogen-bond acceptors (Lipinski definition) is 8. The SMILES string of the molecule is CCc1nnc(N2CCN(c3ccc(N4CC(CNC(C)=O)OC4=O)cc3F)CC2)s1. The van der Waals surface area contributed by atoms with Gasteiger partial charge in [-0.1, -0.05) is 18.3 Å². The molecule has 0 saturated carbocycles. The largest absolute Gasteiger partial charge is 0.442 e. The van der Waals surface area contributed by atoms with Crippen molar-refractivity contribution in [1.29, 1.82) is 0 Å². The topological polar surface area (TPSA) is 90.9 Å². The minimum Gasteiger partial charge on any atom is -0.442 e. The molecule has 0 bridgehead atoms. The maximum absolute atomic E-state index is 14.9. The lowest BCUT2D eigenvalue weighted by Gasteiger charge is -2.36. The molecular formula is C20H25FN6O3S. The van der Waals surface area contributed by atoms with Gasteiger partial charge in [-0.15, -0.1) is 10.2 Å². The van der Waals surface area contributed by atoms with Gasteiger partial charge < -0.3 is 19.9 Å². The second-order valence-corrected chi connectivity index (χ2v) is 8.54. The van der Waals surface area contributed by atoms with Gasteiger partial charge in [0.2, 0.25) is 11.0 Å². The normalized spacial score (nSPS) is 19.0. The Bertz CT molecular complexity index is 962. The van der Waals surface area contributed by atoms with Crippen molar-refractivity contribution in [2.24, 2.45) is 0 Å². The number of aryl methyl sites for hydroxylation is 1. The number of aromatic nitrogens is 2. The van der Waals surface area contributed by atoms with Gasteiger partial charge >= 0.3 is 6.09 Å². The first-order valence-electron chi connectivity index (χ1n) is 10.3. The average Bonchev–Trinajstić information content (AvgIpc) is 3.39. The second-order valence-electron chi connectivity index (χ2n) is 7.50. The Balaban J connectivity index is 1.38. The fraction of sp³-hybridized carbons (Fsp3) is 0.500. The van der Waals surface area contributed by atoms with E-state index >= 15 is 0 Å². The number of amides is 2. The minimum atomic E-state index is -0.542. The van der Waals surface area contributed by atoms with E-state index in [0.717, 1.165) is 29.6 Å². The molecule has 2 saturated heterocycles. The summed E-state index contributed by atoms with van der Waals surface area (Å²) in [6.45, 7) is 6.77. The van der Waals surface area contributed by atoms with Crippen LogP contribution in [0, 0.1) is 5.82 Å². The van der Waals surface area contributed by atoms with E-state index < -0.39 is 12.2 Å². The molecule has 31 heavy (non-hydrogen) atoms. The summed E-state index contributed by atoms with van der Waals surface area (Å²) < 4.78 is 20.2. The van der Waals surface area contributed by atoms with Crippen molar-refractivity contribution in [1.82, 2.24) is 15.5 Å². The molecule has 0 aliphatic carbocycles. The van der Waals surface area contributed by atoms with Crippen LogP contribution in [0.5, 0.6) is 0 Å². The lowest BCUT2D eigenvalue weighted by atomic mass is 10.2. The van der Waals surface area contributed by atoms with Crippen molar-refractivity contribution >= 4 is 39.8 Å². The number of rotatable bonds is 6. The first-order valence-corrected chi connectivity index (χ1v) is 11.1. The molecule has 2 amide bonds. The Hall–Kier alpha value is -2.95. The molecule has 1 aromatic carbocycles. The Morgan fingerprint density at radius 2 is 2.00 bits per heavy atom. The summed E-state index contributed by atoms with van der Waals surface area (Å²) in [4.78, 5) is 28.8. The number of carbonyl (C=O) groups is 2. The maximum atomic E-state index is 14.9. The molecule has 2 fully saturated rings. The zero-order valence-electron chi connectivity index (χ0n) is 17.5. The number of benzene rings is 1. The van der Waals surface area contributed by atoms with Gasteiger partial charge in [-0.3, -0.25) is 9.69 Å². The Kier molecular flexibility index (Phi) is 6.21. The van der Waals surface area contributed by atoms with Gasteiger partial charge in [0.1, 0.15) is 16.9 Å². The van der Waals surface area contributed by atoms with Crippen molar-refractivity contribution in [3.8, 4) is 0 Å². The van der Waals surface area contributed by atoms with Crippen LogP contribution in [0.2, 0.25) is 0 Å². The van der Waals surface area contributed by atoms with Gasteiger partial charge in [0.25, 0.3) is 0 Å². The van der Waals surface area contributed by atoms with Crippen molar-refractivity contribution in [3.63, 3.8) is 0 Å². The molecule has 2 aromatic rings. The van der Waals surface area contributed by atoms with Crippen LogP contribution in [0.1, 0.15) is 18.9 Å². The second kappa shape index (κ2) is 9.04. The van der Waals surface area contributed by atoms with Crippen LogP contribution >= 0.6 is 11.3 Å². The molecular weight excluding hydrogens is 423 g/mol. The van der Waals surface area contributed by atoms with Crippen molar-refractivity contribution in [2.45, 2.75) is 26.4 Å². The smallest absolute Gasteiger partial charge is 0.414 e. The number of carbonyl (C=O) groups excluding carboxylic acids is 2. The number of anilines is 3. The molecule has 1 N–H and O–H groups in total. The molecule has 1 unspecified atom stereocenters. The highest BCUT2D eigenvalue weighted by molar-refractivity contribution is 7.15. The molecule has 1 atom stereocenters. The zero-order chi connectivity index (χ0) is 22.0. The summed E-state index contributed by atoms with van der Waals surface area (Å²) >= 11 is 1.60. The molecule has 2 aliphatic heterocycles. The Morgan fingerprint density at radius 1 is 1.26 bits per heavy atom. The quantitative estimate of drug-likeness (QED) is 0.723. The molecule has 1 aromatic heterocycles. The summed E-state index contributed by atoms with van der Waals surface area (Å²) in [7, 11) is 0. The van der Waals surface area contributed by atoms with Gasteiger partial charge in [0, 0.05) is 33.1 Å². The first-order chi connectivity index (χ1) is 14.9. The van der Waals surface area contributed by atoms with E-state index in [-0.39, 0.29) is 24.8 Å². The summed E-state index contributed by atoms with van der Waals surface area (Å²) in [5.74, 6) is -0.574.